The van der Waals surface area contributed by atoms with E-state index in [1.165, 1.54) is 22.8 Å². The molecule has 0 fully saturated rings. The maximum absolute atomic E-state index is 13.8. The lowest BCUT2D eigenvalue weighted by Crippen LogP contribution is -2.40. The van der Waals surface area contributed by atoms with Crippen LogP contribution in [-0.4, -0.2) is 36.3 Å². The number of hydrogen-bond acceptors (Lipinski definition) is 9. The van der Waals surface area contributed by atoms with Crippen molar-refractivity contribution in [2.24, 2.45) is 4.99 Å². The first-order valence-electron chi connectivity index (χ1n) is 12.5. The van der Waals surface area contributed by atoms with Gasteiger partial charge in [0.05, 0.1) is 41.7 Å². The first-order chi connectivity index (χ1) is 18.6. The van der Waals surface area contributed by atoms with Crippen molar-refractivity contribution in [3.05, 3.63) is 84.5 Å². The summed E-state index contributed by atoms with van der Waals surface area (Å²) in [5, 5.41) is 0. The van der Waals surface area contributed by atoms with Crippen molar-refractivity contribution in [2.45, 2.75) is 46.8 Å². The zero-order valence-corrected chi connectivity index (χ0v) is 23.5. The number of carbonyl (C=O) groups excluding carboxylic acids is 2. The molecule has 0 aliphatic carbocycles. The Morgan fingerprint density at radius 3 is 2.46 bits per heavy atom. The van der Waals surface area contributed by atoms with Crippen LogP contribution >= 0.6 is 11.3 Å². The predicted octanol–water partition coefficient (Wildman–Crippen LogP) is 3.52. The number of aromatic nitrogens is 1. The van der Waals surface area contributed by atoms with E-state index >= 15 is 0 Å². The van der Waals surface area contributed by atoms with Crippen LogP contribution in [0, 0.1) is 0 Å². The van der Waals surface area contributed by atoms with E-state index in [0.29, 0.717) is 50.0 Å². The van der Waals surface area contributed by atoms with Crippen LogP contribution < -0.4 is 29.1 Å². The average Bonchev–Trinajstić information content (AvgIpc) is 3.18. The van der Waals surface area contributed by atoms with Gasteiger partial charge in [0.25, 0.3) is 5.56 Å². The second kappa shape index (κ2) is 11.7. The number of carbonyl (C=O) groups is 2. The highest BCUT2D eigenvalue weighted by atomic mass is 32.1. The normalized spacial score (nSPS) is 15.1. The predicted molar refractivity (Wildman–Crippen MR) is 147 cm³/mol. The Kier molecular flexibility index (Phi) is 8.35. The quantitative estimate of drug-likeness (QED) is 0.312. The number of nitrogens with zero attached hydrogens (tertiary/aromatic N) is 2. The molecule has 39 heavy (non-hydrogen) atoms. The molecule has 3 aromatic rings. The first-order valence-corrected chi connectivity index (χ1v) is 13.3. The zero-order valence-electron chi connectivity index (χ0n) is 22.6. The van der Waals surface area contributed by atoms with E-state index < -0.39 is 18.0 Å². The minimum absolute atomic E-state index is 0.298. The molecular weight excluding hydrogens is 520 g/mol. The molecule has 0 saturated carbocycles. The Balaban J connectivity index is 1.88. The fourth-order valence-electron chi connectivity index (χ4n) is 4.24. The van der Waals surface area contributed by atoms with Crippen LogP contribution in [0.4, 0.5) is 0 Å². The van der Waals surface area contributed by atoms with Crippen LogP contribution in [0.5, 0.6) is 17.2 Å². The molecule has 0 saturated heterocycles. The van der Waals surface area contributed by atoms with Gasteiger partial charge in [-0.3, -0.25) is 14.2 Å². The van der Waals surface area contributed by atoms with Gasteiger partial charge in [-0.25, -0.2) is 9.79 Å². The summed E-state index contributed by atoms with van der Waals surface area (Å²) in [6.45, 7) is 8.80. The Labute approximate surface area is 229 Å². The number of fused-ring (bicyclic) bond motifs is 1. The van der Waals surface area contributed by atoms with Gasteiger partial charge in [0.1, 0.15) is 5.75 Å². The Bertz CT molecular complexity index is 1610. The van der Waals surface area contributed by atoms with Crippen LogP contribution in [0.2, 0.25) is 0 Å². The molecule has 0 spiro atoms. The fraction of sp³-hybridized carbons (Fsp3) is 0.310. The molecule has 1 aliphatic rings. The van der Waals surface area contributed by atoms with Gasteiger partial charge in [0.15, 0.2) is 16.3 Å². The van der Waals surface area contributed by atoms with E-state index in [1.54, 1.807) is 64.3 Å². The number of allylic oxidation sites excluding steroid dienone is 1. The van der Waals surface area contributed by atoms with Gasteiger partial charge in [-0.2, -0.15) is 0 Å². The molecule has 0 radical (unpaired) electrons. The van der Waals surface area contributed by atoms with E-state index in [-0.39, 0.29) is 11.7 Å². The molecule has 1 aromatic heterocycles. The lowest BCUT2D eigenvalue weighted by atomic mass is 9.96. The van der Waals surface area contributed by atoms with Gasteiger partial charge >= 0.3 is 11.9 Å². The summed E-state index contributed by atoms with van der Waals surface area (Å²) in [5.41, 5.74) is 1.88. The highest BCUT2D eigenvalue weighted by Gasteiger charge is 2.33. The molecule has 9 nitrogen and oxygen atoms in total. The van der Waals surface area contributed by atoms with Crippen molar-refractivity contribution in [1.82, 2.24) is 4.57 Å². The Morgan fingerprint density at radius 1 is 1.13 bits per heavy atom. The molecule has 10 heteroatoms. The minimum atomic E-state index is -0.731. The van der Waals surface area contributed by atoms with Gasteiger partial charge in [-0.05, 0) is 69.2 Å². The van der Waals surface area contributed by atoms with Gasteiger partial charge in [0, 0.05) is 6.92 Å². The molecular formula is C29H30N2O7S. The summed E-state index contributed by atoms with van der Waals surface area (Å²) in [6, 6.07) is 11.5. The topological polar surface area (TPSA) is 105 Å². The largest absolute Gasteiger partial charge is 0.497 e. The second-order valence-electron chi connectivity index (χ2n) is 9.04. The molecule has 204 valence electrons. The monoisotopic (exact) mass is 550 g/mol. The van der Waals surface area contributed by atoms with Crippen LogP contribution in [0.3, 0.4) is 0 Å². The van der Waals surface area contributed by atoms with Crippen LogP contribution in [0.15, 0.2) is 63.5 Å². The molecule has 1 atom stereocenters. The maximum atomic E-state index is 13.8. The summed E-state index contributed by atoms with van der Waals surface area (Å²) in [4.78, 5) is 43.6. The number of rotatable bonds is 8. The molecule has 2 heterocycles. The van der Waals surface area contributed by atoms with Crippen molar-refractivity contribution in [3.63, 3.8) is 0 Å². The van der Waals surface area contributed by atoms with Crippen LogP contribution in [-0.2, 0) is 14.3 Å². The molecule has 1 unspecified atom stereocenters. The average molecular weight is 551 g/mol. The minimum Gasteiger partial charge on any atom is -0.497 e. The number of thiazole rings is 1. The van der Waals surface area contributed by atoms with Crippen molar-refractivity contribution in [1.29, 1.82) is 0 Å². The smallest absolute Gasteiger partial charge is 0.338 e. The van der Waals surface area contributed by atoms with Crippen molar-refractivity contribution >= 4 is 29.4 Å². The third-order valence-electron chi connectivity index (χ3n) is 5.83. The van der Waals surface area contributed by atoms with E-state index in [1.807, 2.05) is 19.1 Å². The maximum Gasteiger partial charge on any atom is 0.338 e. The molecule has 0 bridgehead atoms. The van der Waals surface area contributed by atoms with E-state index in [9.17, 15) is 14.4 Å². The SMILES string of the molecule is CCOc1cc(/C=c2\sc3n(c2=O)C(c2ccc(OC)cc2)C(C(=O)OC(C)C)=C(C)N=3)ccc1OC(C)=O. The number of benzene rings is 2. The van der Waals surface area contributed by atoms with Crippen LogP contribution in [0.25, 0.3) is 6.08 Å². The summed E-state index contributed by atoms with van der Waals surface area (Å²) in [7, 11) is 1.57. The fourth-order valence-corrected chi connectivity index (χ4v) is 5.28. The van der Waals surface area contributed by atoms with E-state index in [0.717, 1.165) is 5.56 Å². The summed E-state index contributed by atoms with van der Waals surface area (Å²) in [6.07, 6.45) is 1.38. The third kappa shape index (κ3) is 5.96. The zero-order chi connectivity index (χ0) is 28.3. The number of esters is 2. The Hall–Kier alpha value is -4.18. The molecule has 1 aliphatic heterocycles. The van der Waals surface area contributed by atoms with Gasteiger partial charge < -0.3 is 18.9 Å². The van der Waals surface area contributed by atoms with Gasteiger partial charge in [0.2, 0.25) is 0 Å². The molecule has 0 amide bonds. The standard InChI is InChI=1S/C29H30N2O7S/c1-7-36-23-14-19(8-13-22(23)38-18(5)32)15-24-27(33)31-26(20-9-11-21(35-6)12-10-20)25(28(34)37-16(2)3)17(4)30-29(31)39-24/h8-16,26H,7H2,1-6H3/b24-15-. The lowest BCUT2D eigenvalue weighted by molar-refractivity contribution is -0.143. The van der Waals surface area contributed by atoms with Crippen molar-refractivity contribution < 1.29 is 28.5 Å². The summed E-state index contributed by atoms with van der Waals surface area (Å²) >= 11 is 1.22. The third-order valence-corrected chi connectivity index (χ3v) is 6.82. The van der Waals surface area contributed by atoms with E-state index in [2.05, 4.69) is 4.99 Å². The molecule has 0 N–H and O–H groups in total. The summed E-state index contributed by atoms with van der Waals surface area (Å²) in [5.74, 6) is 0.355. The molecule has 4 rings (SSSR count). The van der Waals surface area contributed by atoms with E-state index in [4.69, 9.17) is 18.9 Å². The number of ether oxygens (including phenoxy) is 4. The highest BCUT2D eigenvalue weighted by molar-refractivity contribution is 7.07. The van der Waals surface area contributed by atoms with Crippen molar-refractivity contribution in [3.8, 4) is 17.2 Å². The van der Waals surface area contributed by atoms with Crippen LogP contribution in [0.1, 0.15) is 51.8 Å². The van der Waals surface area contributed by atoms with Gasteiger partial charge in [-0.15, -0.1) is 0 Å². The Morgan fingerprint density at radius 2 is 1.85 bits per heavy atom. The van der Waals surface area contributed by atoms with Gasteiger partial charge in [-0.1, -0.05) is 29.5 Å². The molecule has 2 aromatic carbocycles. The summed E-state index contributed by atoms with van der Waals surface area (Å²) < 4.78 is 23.7. The van der Waals surface area contributed by atoms with Crippen molar-refractivity contribution in [2.75, 3.05) is 13.7 Å². The number of hydrogen-bond donors (Lipinski definition) is 0. The highest BCUT2D eigenvalue weighted by Crippen LogP contribution is 2.32. The second-order valence-corrected chi connectivity index (χ2v) is 10.1. The number of methoxy groups -OCH3 is 1. The lowest BCUT2D eigenvalue weighted by Gasteiger charge is -2.25. The first kappa shape index (κ1) is 27.8.